The van der Waals surface area contributed by atoms with Gasteiger partial charge in [-0.25, -0.2) is 0 Å². The third-order valence-electron chi connectivity index (χ3n) is 3.04. The lowest BCUT2D eigenvalue weighted by Crippen LogP contribution is -2.22. The Kier molecular flexibility index (Phi) is 5.76. The molecular weight excluding hydrogens is 328 g/mol. The van der Waals surface area contributed by atoms with E-state index in [1.54, 1.807) is 0 Å². The fourth-order valence-electron chi connectivity index (χ4n) is 2.17. The first-order chi connectivity index (χ1) is 10.1. The minimum absolute atomic E-state index is 0.0937. The van der Waals surface area contributed by atoms with Crippen molar-refractivity contribution in [1.82, 2.24) is 10.3 Å². The van der Waals surface area contributed by atoms with Crippen molar-refractivity contribution in [3.8, 4) is 5.75 Å². The summed E-state index contributed by atoms with van der Waals surface area (Å²) in [5, 5.41) is 3.48. The molecule has 1 aromatic carbocycles. The van der Waals surface area contributed by atoms with Gasteiger partial charge in [0, 0.05) is 10.7 Å². The Morgan fingerprint density at radius 3 is 2.38 bits per heavy atom. The second kappa shape index (κ2) is 7.57. The van der Waals surface area contributed by atoms with Gasteiger partial charge in [-0.2, -0.15) is 0 Å². The molecule has 0 amide bonds. The van der Waals surface area contributed by atoms with Crippen molar-refractivity contribution >= 4 is 15.9 Å². The van der Waals surface area contributed by atoms with Gasteiger partial charge in [0.15, 0.2) is 0 Å². The molecular formula is C17H21BrN2O. The van der Waals surface area contributed by atoms with Crippen LogP contribution in [0.25, 0.3) is 0 Å². The largest absolute Gasteiger partial charge is 0.491 e. The molecule has 0 spiro atoms. The highest BCUT2D eigenvalue weighted by molar-refractivity contribution is 9.10. The molecule has 0 aliphatic heterocycles. The molecule has 0 saturated carbocycles. The van der Waals surface area contributed by atoms with Gasteiger partial charge in [-0.3, -0.25) is 4.98 Å². The summed E-state index contributed by atoms with van der Waals surface area (Å²) in [6.45, 7) is 7.04. The standard InChI is InChI=1S/C17H21BrN2O/c1-4-19-17(16-10-7-14(18)11-20-16)13-5-8-15(9-6-13)21-12(2)3/h5-12,17,19H,4H2,1-3H3. The van der Waals surface area contributed by atoms with E-state index in [4.69, 9.17) is 4.74 Å². The minimum atomic E-state index is 0.0937. The highest BCUT2D eigenvalue weighted by atomic mass is 79.9. The summed E-state index contributed by atoms with van der Waals surface area (Å²) >= 11 is 3.42. The quantitative estimate of drug-likeness (QED) is 0.843. The number of aromatic nitrogens is 1. The van der Waals surface area contributed by atoms with Crippen molar-refractivity contribution in [3.05, 3.63) is 58.3 Å². The van der Waals surface area contributed by atoms with E-state index in [2.05, 4.69) is 45.3 Å². The van der Waals surface area contributed by atoms with Crippen LogP contribution in [0.5, 0.6) is 5.75 Å². The van der Waals surface area contributed by atoms with Crippen LogP contribution in [0.3, 0.4) is 0 Å². The molecule has 3 nitrogen and oxygen atoms in total. The van der Waals surface area contributed by atoms with E-state index >= 15 is 0 Å². The molecule has 1 heterocycles. The molecule has 1 atom stereocenters. The third kappa shape index (κ3) is 4.55. The molecule has 0 bridgehead atoms. The Balaban J connectivity index is 2.23. The molecule has 2 aromatic rings. The number of nitrogens with one attached hydrogen (secondary N) is 1. The Hall–Kier alpha value is -1.39. The summed E-state index contributed by atoms with van der Waals surface area (Å²) in [5.41, 5.74) is 2.19. The molecule has 0 aliphatic rings. The molecule has 1 N–H and O–H groups in total. The maximum atomic E-state index is 5.69. The molecule has 21 heavy (non-hydrogen) atoms. The predicted octanol–water partition coefficient (Wildman–Crippen LogP) is 4.33. The summed E-state index contributed by atoms with van der Waals surface area (Å²) in [6.07, 6.45) is 2.02. The maximum Gasteiger partial charge on any atom is 0.119 e. The Labute approximate surface area is 134 Å². The van der Waals surface area contributed by atoms with Crippen LogP contribution in [0.1, 0.15) is 38.1 Å². The van der Waals surface area contributed by atoms with Gasteiger partial charge in [-0.05, 0) is 66.2 Å². The first kappa shape index (κ1) is 16.0. The number of nitrogens with zero attached hydrogens (tertiary/aromatic N) is 1. The van der Waals surface area contributed by atoms with E-state index in [1.165, 1.54) is 5.56 Å². The second-order valence-corrected chi connectivity index (χ2v) is 6.04. The maximum absolute atomic E-state index is 5.69. The molecule has 0 saturated heterocycles. The first-order valence-electron chi connectivity index (χ1n) is 7.21. The molecule has 1 aromatic heterocycles. The van der Waals surface area contributed by atoms with E-state index < -0.39 is 0 Å². The lowest BCUT2D eigenvalue weighted by Gasteiger charge is -2.19. The lowest BCUT2D eigenvalue weighted by atomic mass is 10.0. The number of hydrogen-bond acceptors (Lipinski definition) is 3. The summed E-state index contributed by atoms with van der Waals surface area (Å²) in [4.78, 5) is 4.50. The van der Waals surface area contributed by atoms with Crippen LogP contribution >= 0.6 is 15.9 Å². The van der Waals surface area contributed by atoms with Crippen LogP contribution in [0.15, 0.2) is 47.1 Å². The van der Waals surface area contributed by atoms with E-state index in [0.29, 0.717) is 0 Å². The van der Waals surface area contributed by atoms with Crippen LogP contribution in [0, 0.1) is 0 Å². The average Bonchev–Trinajstić information content (AvgIpc) is 2.46. The molecule has 4 heteroatoms. The van der Waals surface area contributed by atoms with E-state index in [-0.39, 0.29) is 12.1 Å². The summed E-state index contributed by atoms with van der Waals surface area (Å²) in [6, 6.07) is 12.4. The van der Waals surface area contributed by atoms with Crippen molar-refractivity contribution < 1.29 is 4.74 Å². The SMILES string of the molecule is CCNC(c1ccc(OC(C)C)cc1)c1ccc(Br)cn1. The molecule has 1 unspecified atom stereocenters. The van der Waals surface area contributed by atoms with E-state index in [0.717, 1.165) is 22.5 Å². The number of hydrogen-bond donors (Lipinski definition) is 1. The lowest BCUT2D eigenvalue weighted by molar-refractivity contribution is 0.242. The van der Waals surface area contributed by atoms with Crippen molar-refractivity contribution in [1.29, 1.82) is 0 Å². The Bertz CT molecular complexity index is 552. The zero-order valence-corrected chi connectivity index (χ0v) is 14.2. The number of rotatable bonds is 6. The fraction of sp³-hybridized carbons (Fsp3) is 0.353. The average molecular weight is 349 g/mol. The van der Waals surface area contributed by atoms with Crippen molar-refractivity contribution in [3.63, 3.8) is 0 Å². The van der Waals surface area contributed by atoms with Gasteiger partial charge >= 0.3 is 0 Å². The van der Waals surface area contributed by atoms with Crippen molar-refractivity contribution in [2.24, 2.45) is 0 Å². The molecule has 0 fully saturated rings. The highest BCUT2D eigenvalue weighted by Crippen LogP contribution is 2.24. The number of halogens is 1. The van der Waals surface area contributed by atoms with Crippen LogP contribution < -0.4 is 10.1 Å². The second-order valence-electron chi connectivity index (χ2n) is 5.13. The van der Waals surface area contributed by atoms with Gasteiger partial charge in [-0.1, -0.05) is 19.1 Å². The third-order valence-corrected chi connectivity index (χ3v) is 3.51. The zero-order valence-electron chi connectivity index (χ0n) is 12.6. The zero-order chi connectivity index (χ0) is 15.2. The van der Waals surface area contributed by atoms with Crippen LogP contribution in [-0.4, -0.2) is 17.6 Å². The van der Waals surface area contributed by atoms with E-state index in [1.807, 2.05) is 44.3 Å². The van der Waals surface area contributed by atoms with Gasteiger partial charge in [0.25, 0.3) is 0 Å². The van der Waals surface area contributed by atoms with Crippen LogP contribution in [-0.2, 0) is 0 Å². The molecule has 112 valence electrons. The van der Waals surface area contributed by atoms with Crippen molar-refractivity contribution in [2.45, 2.75) is 32.9 Å². The van der Waals surface area contributed by atoms with Gasteiger partial charge in [0.1, 0.15) is 5.75 Å². The Morgan fingerprint density at radius 2 is 1.86 bits per heavy atom. The van der Waals surface area contributed by atoms with Gasteiger partial charge in [0.05, 0.1) is 17.8 Å². The highest BCUT2D eigenvalue weighted by Gasteiger charge is 2.14. The summed E-state index contributed by atoms with van der Waals surface area (Å²) < 4.78 is 6.68. The minimum Gasteiger partial charge on any atom is -0.491 e. The summed E-state index contributed by atoms with van der Waals surface area (Å²) in [7, 11) is 0. The van der Waals surface area contributed by atoms with Crippen LogP contribution in [0.4, 0.5) is 0 Å². The fourth-order valence-corrected chi connectivity index (χ4v) is 2.40. The number of pyridine rings is 1. The first-order valence-corrected chi connectivity index (χ1v) is 8.01. The Morgan fingerprint density at radius 1 is 1.14 bits per heavy atom. The normalized spacial score (nSPS) is 12.4. The topological polar surface area (TPSA) is 34.1 Å². The molecule has 0 aliphatic carbocycles. The van der Waals surface area contributed by atoms with E-state index in [9.17, 15) is 0 Å². The van der Waals surface area contributed by atoms with Gasteiger partial charge < -0.3 is 10.1 Å². The monoisotopic (exact) mass is 348 g/mol. The number of ether oxygens (including phenoxy) is 1. The van der Waals surface area contributed by atoms with Crippen LogP contribution in [0.2, 0.25) is 0 Å². The molecule has 0 radical (unpaired) electrons. The predicted molar refractivity (Wildman–Crippen MR) is 89.7 cm³/mol. The summed E-state index contributed by atoms with van der Waals surface area (Å²) in [5.74, 6) is 0.896. The van der Waals surface area contributed by atoms with Gasteiger partial charge in [-0.15, -0.1) is 0 Å². The molecule has 2 rings (SSSR count). The van der Waals surface area contributed by atoms with Gasteiger partial charge in [0.2, 0.25) is 0 Å². The smallest absolute Gasteiger partial charge is 0.119 e. The number of benzene rings is 1. The van der Waals surface area contributed by atoms with Crippen molar-refractivity contribution in [2.75, 3.05) is 6.54 Å².